The molecule has 0 spiro atoms. The fourth-order valence-corrected chi connectivity index (χ4v) is 2.14. The molecule has 0 fully saturated rings. The number of hydrogen-bond acceptors (Lipinski definition) is 3. The minimum absolute atomic E-state index is 0.791. The van der Waals surface area contributed by atoms with Crippen LogP contribution in [0.2, 0.25) is 0 Å². The van der Waals surface area contributed by atoms with Gasteiger partial charge in [-0.25, -0.2) is 4.98 Å². The number of nitrogens with zero attached hydrogens (tertiary/aromatic N) is 1. The summed E-state index contributed by atoms with van der Waals surface area (Å²) in [4.78, 5) is 5.76. The summed E-state index contributed by atoms with van der Waals surface area (Å²) in [6, 6.07) is 7.82. The van der Waals surface area contributed by atoms with Gasteiger partial charge in [-0.05, 0) is 38.1 Å². The molecule has 0 bridgehead atoms. The lowest BCUT2D eigenvalue weighted by Crippen LogP contribution is -1.83. The van der Waals surface area contributed by atoms with E-state index in [-0.39, 0.29) is 0 Å². The van der Waals surface area contributed by atoms with Crippen LogP contribution in [-0.4, -0.2) is 4.98 Å². The SMILES string of the molecule is Cc1nc(-c2ccc(N)cc2)sc1C. The van der Waals surface area contributed by atoms with Gasteiger partial charge < -0.3 is 5.73 Å². The van der Waals surface area contributed by atoms with Gasteiger partial charge in [-0.1, -0.05) is 0 Å². The third-order valence-corrected chi connectivity index (χ3v) is 3.31. The molecular formula is C11H12N2S. The summed E-state index contributed by atoms with van der Waals surface area (Å²) in [5.41, 5.74) is 8.67. The zero-order chi connectivity index (χ0) is 10.1. The van der Waals surface area contributed by atoms with E-state index in [1.165, 1.54) is 4.88 Å². The molecule has 2 aromatic rings. The smallest absolute Gasteiger partial charge is 0.123 e. The van der Waals surface area contributed by atoms with Crippen LogP contribution in [0.1, 0.15) is 10.6 Å². The van der Waals surface area contributed by atoms with E-state index in [9.17, 15) is 0 Å². The molecule has 0 radical (unpaired) electrons. The van der Waals surface area contributed by atoms with Crippen LogP contribution < -0.4 is 5.73 Å². The summed E-state index contributed by atoms with van der Waals surface area (Å²) >= 11 is 1.72. The number of aryl methyl sites for hydroxylation is 2. The van der Waals surface area contributed by atoms with E-state index in [0.29, 0.717) is 0 Å². The van der Waals surface area contributed by atoms with Crippen LogP contribution in [0.3, 0.4) is 0 Å². The van der Waals surface area contributed by atoms with Crippen molar-refractivity contribution in [2.45, 2.75) is 13.8 Å². The molecule has 0 saturated heterocycles. The Hall–Kier alpha value is -1.35. The highest BCUT2D eigenvalue weighted by atomic mass is 32.1. The molecule has 2 rings (SSSR count). The van der Waals surface area contributed by atoms with Crippen LogP contribution in [0, 0.1) is 13.8 Å². The molecule has 14 heavy (non-hydrogen) atoms. The monoisotopic (exact) mass is 204 g/mol. The van der Waals surface area contributed by atoms with E-state index < -0.39 is 0 Å². The Bertz CT molecular complexity index is 423. The normalized spacial score (nSPS) is 10.4. The summed E-state index contributed by atoms with van der Waals surface area (Å²) in [5, 5.41) is 1.07. The maximum atomic E-state index is 5.62. The first-order valence-electron chi connectivity index (χ1n) is 4.47. The Morgan fingerprint density at radius 3 is 2.29 bits per heavy atom. The van der Waals surface area contributed by atoms with Gasteiger partial charge in [0.25, 0.3) is 0 Å². The molecule has 0 saturated carbocycles. The second-order valence-electron chi connectivity index (χ2n) is 3.28. The van der Waals surface area contributed by atoms with E-state index in [1.54, 1.807) is 11.3 Å². The summed E-state index contributed by atoms with van der Waals surface area (Å²) in [6.45, 7) is 4.13. The van der Waals surface area contributed by atoms with E-state index in [2.05, 4.69) is 11.9 Å². The molecule has 1 aromatic heterocycles. The third-order valence-electron chi connectivity index (χ3n) is 2.19. The fourth-order valence-electron chi connectivity index (χ4n) is 1.22. The zero-order valence-electron chi connectivity index (χ0n) is 8.24. The van der Waals surface area contributed by atoms with Crippen molar-refractivity contribution in [3.8, 4) is 10.6 Å². The van der Waals surface area contributed by atoms with Crippen molar-refractivity contribution in [2.75, 3.05) is 5.73 Å². The lowest BCUT2D eigenvalue weighted by Gasteiger charge is -1.96. The maximum Gasteiger partial charge on any atom is 0.123 e. The third kappa shape index (κ3) is 1.63. The second kappa shape index (κ2) is 3.42. The summed E-state index contributed by atoms with van der Waals surface area (Å²) < 4.78 is 0. The Morgan fingerprint density at radius 1 is 1.14 bits per heavy atom. The zero-order valence-corrected chi connectivity index (χ0v) is 9.06. The Kier molecular flexibility index (Phi) is 2.25. The highest BCUT2D eigenvalue weighted by Crippen LogP contribution is 2.27. The molecule has 2 N–H and O–H groups in total. The van der Waals surface area contributed by atoms with Crippen LogP contribution >= 0.6 is 11.3 Å². The van der Waals surface area contributed by atoms with Crippen molar-refractivity contribution in [1.29, 1.82) is 0 Å². The number of rotatable bonds is 1. The van der Waals surface area contributed by atoms with Crippen molar-refractivity contribution in [2.24, 2.45) is 0 Å². The second-order valence-corrected chi connectivity index (χ2v) is 4.49. The molecule has 72 valence electrons. The Labute approximate surface area is 87.4 Å². The van der Waals surface area contributed by atoms with Crippen LogP contribution in [0.15, 0.2) is 24.3 Å². The predicted octanol–water partition coefficient (Wildman–Crippen LogP) is 3.01. The number of thiazole rings is 1. The van der Waals surface area contributed by atoms with Crippen molar-refractivity contribution < 1.29 is 0 Å². The standard InChI is InChI=1S/C11H12N2S/c1-7-8(2)14-11(13-7)9-3-5-10(12)6-4-9/h3-6H,12H2,1-2H3. The van der Waals surface area contributed by atoms with Gasteiger partial charge in [-0.2, -0.15) is 0 Å². The highest BCUT2D eigenvalue weighted by molar-refractivity contribution is 7.15. The van der Waals surface area contributed by atoms with Crippen LogP contribution in [0.25, 0.3) is 10.6 Å². The first-order chi connectivity index (χ1) is 6.66. The molecular weight excluding hydrogens is 192 g/mol. The number of nitrogens with two attached hydrogens (primary N) is 1. The first kappa shape index (κ1) is 9.21. The molecule has 0 aliphatic heterocycles. The number of nitrogen functional groups attached to an aromatic ring is 1. The number of benzene rings is 1. The van der Waals surface area contributed by atoms with E-state index >= 15 is 0 Å². The summed E-state index contributed by atoms with van der Waals surface area (Å²) in [5.74, 6) is 0. The van der Waals surface area contributed by atoms with Gasteiger partial charge in [0.2, 0.25) is 0 Å². The summed E-state index contributed by atoms with van der Waals surface area (Å²) in [7, 11) is 0. The topological polar surface area (TPSA) is 38.9 Å². The fraction of sp³-hybridized carbons (Fsp3) is 0.182. The van der Waals surface area contributed by atoms with Gasteiger partial charge in [0, 0.05) is 16.1 Å². The van der Waals surface area contributed by atoms with Crippen molar-refractivity contribution in [3.05, 3.63) is 34.8 Å². The number of anilines is 1. The van der Waals surface area contributed by atoms with Crippen LogP contribution in [-0.2, 0) is 0 Å². The molecule has 1 heterocycles. The van der Waals surface area contributed by atoms with Crippen molar-refractivity contribution in [3.63, 3.8) is 0 Å². The van der Waals surface area contributed by atoms with E-state index in [1.807, 2.05) is 31.2 Å². The summed E-state index contributed by atoms with van der Waals surface area (Å²) in [6.07, 6.45) is 0. The minimum atomic E-state index is 0.791. The highest BCUT2D eigenvalue weighted by Gasteiger charge is 2.05. The van der Waals surface area contributed by atoms with Crippen LogP contribution in [0.5, 0.6) is 0 Å². The molecule has 1 aromatic carbocycles. The molecule has 0 atom stereocenters. The van der Waals surface area contributed by atoms with Gasteiger partial charge >= 0.3 is 0 Å². The maximum absolute atomic E-state index is 5.62. The van der Waals surface area contributed by atoms with E-state index in [4.69, 9.17) is 5.73 Å². The number of hydrogen-bond donors (Lipinski definition) is 1. The lowest BCUT2D eigenvalue weighted by atomic mass is 10.2. The van der Waals surface area contributed by atoms with Crippen LogP contribution in [0.4, 0.5) is 5.69 Å². The molecule has 0 amide bonds. The van der Waals surface area contributed by atoms with Gasteiger partial charge in [-0.15, -0.1) is 11.3 Å². The van der Waals surface area contributed by atoms with Gasteiger partial charge in [-0.3, -0.25) is 0 Å². The molecule has 3 heteroatoms. The predicted molar refractivity (Wildman–Crippen MR) is 61.4 cm³/mol. The lowest BCUT2D eigenvalue weighted by molar-refractivity contribution is 1.23. The van der Waals surface area contributed by atoms with Gasteiger partial charge in [0.15, 0.2) is 0 Å². The van der Waals surface area contributed by atoms with E-state index in [0.717, 1.165) is 22.0 Å². The minimum Gasteiger partial charge on any atom is -0.399 e. The quantitative estimate of drug-likeness (QED) is 0.725. The Balaban J connectivity index is 2.44. The largest absolute Gasteiger partial charge is 0.399 e. The Morgan fingerprint density at radius 2 is 1.79 bits per heavy atom. The van der Waals surface area contributed by atoms with Crippen molar-refractivity contribution in [1.82, 2.24) is 4.98 Å². The molecule has 0 aliphatic rings. The van der Waals surface area contributed by atoms with Gasteiger partial charge in [0.1, 0.15) is 5.01 Å². The molecule has 0 aliphatic carbocycles. The first-order valence-corrected chi connectivity index (χ1v) is 5.28. The average Bonchev–Trinajstić information content (AvgIpc) is 2.48. The number of aromatic nitrogens is 1. The molecule has 2 nitrogen and oxygen atoms in total. The average molecular weight is 204 g/mol. The molecule has 0 unspecified atom stereocenters. The van der Waals surface area contributed by atoms with Gasteiger partial charge in [0.05, 0.1) is 5.69 Å². The van der Waals surface area contributed by atoms with Crippen molar-refractivity contribution >= 4 is 17.0 Å².